The molecule has 0 bridgehead atoms. The van der Waals surface area contributed by atoms with Crippen LogP contribution in [0.15, 0.2) is 54.6 Å². The van der Waals surface area contributed by atoms with Gasteiger partial charge in [-0.1, -0.05) is 36.4 Å². The van der Waals surface area contributed by atoms with Crippen LogP contribution in [0, 0.1) is 5.13 Å². The molecule has 3 rings (SSSR count). The van der Waals surface area contributed by atoms with Crippen LogP contribution in [0.2, 0.25) is 0 Å². The molecule has 3 aromatic rings. The Balaban J connectivity index is 1.97. The molecule has 5 heteroatoms. The van der Waals surface area contributed by atoms with Gasteiger partial charge in [0.25, 0.3) is 0 Å². The minimum atomic E-state index is -0.721. The van der Waals surface area contributed by atoms with Crippen molar-refractivity contribution >= 4 is 21.4 Å². The van der Waals surface area contributed by atoms with E-state index in [1.807, 2.05) is 42.5 Å². The zero-order valence-corrected chi connectivity index (χ0v) is 13.5. The van der Waals surface area contributed by atoms with E-state index in [-0.39, 0.29) is 5.13 Å². The van der Waals surface area contributed by atoms with Gasteiger partial charge in [0.2, 0.25) is 0 Å². The summed E-state index contributed by atoms with van der Waals surface area (Å²) in [5.41, 5.74) is 0.878. The molecule has 1 aromatic heterocycles. The van der Waals surface area contributed by atoms with E-state index in [0.29, 0.717) is 12.3 Å². The zero-order chi connectivity index (χ0) is 16.2. The fourth-order valence-corrected chi connectivity index (χ4v) is 3.37. The van der Waals surface area contributed by atoms with Crippen molar-refractivity contribution in [2.75, 3.05) is 13.6 Å². The first-order valence-electron chi connectivity index (χ1n) is 7.41. The van der Waals surface area contributed by atoms with Crippen LogP contribution >= 0.6 is 11.3 Å². The van der Waals surface area contributed by atoms with Crippen LogP contribution in [0.4, 0.5) is 4.39 Å². The Labute approximate surface area is 138 Å². The molecule has 0 amide bonds. The summed E-state index contributed by atoms with van der Waals surface area (Å²) >= 11 is 1.09. The Morgan fingerprint density at radius 2 is 1.96 bits per heavy atom. The molecule has 1 heterocycles. The monoisotopic (exact) mass is 331 g/mol. The third-order valence-electron chi connectivity index (χ3n) is 3.64. The predicted molar refractivity (Wildman–Crippen MR) is 91.5 cm³/mol. The SMILES string of the molecule is CNC[C@H](O)[C@H](Oc1cccc2sc(F)cc12)c1ccccc1. The predicted octanol–water partition coefficient (Wildman–Crippen LogP) is 3.74. The lowest BCUT2D eigenvalue weighted by atomic mass is 10.0. The van der Waals surface area contributed by atoms with E-state index >= 15 is 0 Å². The number of fused-ring (bicyclic) bond motifs is 1. The topological polar surface area (TPSA) is 41.5 Å². The van der Waals surface area contributed by atoms with E-state index in [1.54, 1.807) is 13.1 Å². The van der Waals surface area contributed by atoms with Crippen LogP contribution in [0.1, 0.15) is 11.7 Å². The Kier molecular flexibility index (Phi) is 4.91. The molecule has 3 nitrogen and oxygen atoms in total. The van der Waals surface area contributed by atoms with Gasteiger partial charge in [-0.05, 0) is 30.8 Å². The third-order valence-corrected chi connectivity index (χ3v) is 4.52. The fourth-order valence-electron chi connectivity index (χ4n) is 2.57. The minimum absolute atomic E-state index is 0.247. The average molecular weight is 331 g/mol. The second kappa shape index (κ2) is 7.08. The Morgan fingerprint density at radius 3 is 2.70 bits per heavy atom. The second-order valence-corrected chi connectivity index (χ2v) is 6.33. The number of likely N-dealkylation sites (N-methyl/N-ethyl adjacent to an activating group) is 1. The number of ether oxygens (including phenoxy) is 1. The van der Waals surface area contributed by atoms with Gasteiger partial charge in [-0.15, -0.1) is 11.3 Å². The van der Waals surface area contributed by atoms with Gasteiger partial charge in [-0.3, -0.25) is 0 Å². The highest BCUT2D eigenvalue weighted by molar-refractivity contribution is 7.17. The van der Waals surface area contributed by atoms with Crippen LogP contribution < -0.4 is 10.1 Å². The highest BCUT2D eigenvalue weighted by atomic mass is 32.1. The molecule has 2 atom stereocenters. The van der Waals surface area contributed by atoms with Crippen molar-refractivity contribution in [3.8, 4) is 5.75 Å². The van der Waals surface area contributed by atoms with Gasteiger partial charge in [-0.2, -0.15) is 4.39 Å². The molecule has 0 unspecified atom stereocenters. The number of benzene rings is 2. The molecule has 120 valence electrons. The standard InChI is InChI=1S/C18H18FNO2S/c1-20-11-14(21)18(12-6-3-2-4-7-12)22-15-8-5-9-16-13(15)10-17(19)23-16/h2-10,14,18,20-21H,11H2,1H3/t14-,18+/m0/s1. The lowest BCUT2D eigenvalue weighted by molar-refractivity contribution is 0.0379. The van der Waals surface area contributed by atoms with Crippen LogP contribution in [0.5, 0.6) is 5.75 Å². The van der Waals surface area contributed by atoms with Gasteiger partial charge in [0, 0.05) is 16.6 Å². The van der Waals surface area contributed by atoms with E-state index in [0.717, 1.165) is 27.0 Å². The normalized spacial score (nSPS) is 13.9. The largest absolute Gasteiger partial charge is 0.482 e. The van der Waals surface area contributed by atoms with Crippen molar-refractivity contribution in [2.24, 2.45) is 0 Å². The summed E-state index contributed by atoms with van der Waals surface area (Å²) in [4.78, 5) is 0. The van der Waals surface area contributed by atoms with Crippen molar-refractivity contribution in [3.63, 3.8) is 0 Å². The number of halogens is 1. The van der Waals surface area contributed by atoms with Crippen molar-refractivity contribution in [1.82, 2.24) is 5.32 Å². The first-order valence-corrected chi connectivity index (χ1v) is 8.23. The third kappa shape index (κ3) is 3.52. The minimum Gasteiger partial charge on any atom is -0.482 e. The van der Waals surface area contributed by atoms with Gasteiger partial charge in [-0.25, -0.2) is 0 Å². The molecule has 0 saturated heterocycles. The Morgan fingerprint density at radius 1 is 1.17 bits per heavy atom. The summed E-state index contributed by atoms with van der Waals surface area (Å²) in [5.74, 6) is 0.576. The molecule has 0 spiro atoms. The lowest BCUT2D eigenvalue weighted by Crippen LogP contribution is -2.32. The fraction of sp³-hybridized carbons (Fsp3) is 0.222. The smallest absolute Gasteiger partial charge is 0.177 e. The van der Waals surface area contributed by atoms with Crippen LogP contribution in [-0.2, 0) is 0 Å². The summed E-state index contributed by atoms with van der Waals surface area (Å²) in [7, 11) is 1.78. The van der Waals surface area contributed by atoms with Crippen LogP contribution in [-0.4, -0.2) is 24.8 Å². The maximum atomic E-state index is 13.5. The van der Waals surface area contributed by atoms with Gasteiger partial charge in [0.15, 0.2) is 11.2 Å². The van der Waals surface area contributed by atoms with E-state index in [4.69, 9.17) is 4.74 Å². The first kappa shape index (κ1) is 15.9. The summed E-state index contributed by atoms with van der Waals surface area (Å²) in [5, 5.41) is 13.9. The maximum absolute atomic E-state index is 13.5. The maximum Gasteiger partial charge on any atom is 0.177 e. The molecule has 2 aromatic carbocycles. The molecule has 0 aliphatic rings. The molecule has 0 radical (unpaired) electrons. The number of hydrogen-bond donors (Lipinski definition) is 2. The van der Waals surface area contributed by atoms with Gasteiger partial charge in [0.05, 0.1) is 0 Å². The van der Waals surface area contributed by atoms with E-state index in [9.17, 15) is 9.50 Å². The zero-order valence-electron chi connectivity index (χ0n) is 12.7. The average Bonchev–Trinajstić information content (AvgIpc) is 2.94. The number of hydrogen-bond acceptors (Lipinski definition) is 4. The number of thiophene rings is 1. The van der Waals surface area contributed by atoms with Crippen LogP contribution in [0.3, 0.4) is 0 Å². The molecule has 0 saturated carbocycles. The summed E-state index contributed by atoms with van der Waals surface area (Å²) < 4.78 is 20.5. The second-order valence-electron chi connectivity index (χ2n) is 5.29. The molecule has 0 aliphatic carbocycles. The molecular weight excluding hydrogens is 313 g/mol. The highest BCUT2D eigenvalue weighted by Gasteiger charge is 2.23. The van der Waals surface area contributed by atoms with Gasteiger partial charge in [0.1, 0.15) is 11.9 Å². The summed E-state index contributed by atoms with van der Waals surface area (Å²) in [6.07, 6.45) is -1.25. The van der Waals surface area contributed by atoms with E-state index in [1.165, 1.54) is 6.07 Å². The molecule has 23 heavy (non-hydrogen) atoms. The summed E-state index contributed by atoms with van der Waals surface area (Å²) in [6, 6.07) is 16.5. The van der Waals surface area contributed by atoms with E-state index in [2.05, 4.69) is 5.32 Å². The molecule has 2 N–H and O–H groups in total. The van der Waals surface area contributed by atoms with Crippen molar-refractivity contribution in [1.29, 1.82) is 0 Å². The number of aliphatic hydroxyl groups is 1. The van der Waals surface area contributed by atoms with Crippen molar-refractivity contribution in [3.05, 3.63) is 65.3 Å². The lowest BCUT2D eigenvalue weighted by Gasteiger charge is -2.25. The highest BCUT2D eigenvalue weighted by Crippen LogP contribution is 2.35. The van der Waals surface area contributed by atoms with E-state index < -0.39 is 12.2 Å². The van der Waals surface area contributed by atoms with Crippen LogP contribution in [0.25, 0.3) is 10.1 Å². The van der Waals surface area contributed by atoms with Gasteiger partial charge < -0.3 is 15.2 Å². The Bertz CT molecular complexity index is 775. The number of nitrogens with one attached hydrogen (secondary N) is 1. The van der Waals surface area contributed by atoms with Crippen molar-refractivity contribution < 1.29 is 14.2 Å². The quantitative estimate of drug-likeness (QED) is 0.723. The van der Waals surface area contributed by atoms with Crippen molar-refractivity contribution in [2.45, 2.75) is 12.2 Å². The first-order chi connectivity index (χ1) is 11.2. The molecule has 0 aliphatic heterocycles. The summed E-state index contributed by atoms with van der Waals surface area (Å²) in [6.45, 7) is 0.396. The van der Waals surface area contributed by atoms with Gasteiger partial charge >= 0.3 is 0 Å². The Hall–Kier alpha value is -1.95. The number of rotatable bonds is 6. The number of aliphatic hydroxyl groups excluding tert-OH is 1. The molecule has 0 fully saturated rings. The molecular formula is C18H18FNO2S.